The number of halogens is 1. The highest BCUT2D eigenvalue weighted by Gasteiger charge is 2.25. The molecule has 0 fully saturated rings. The molecule has 0 spiro atoms. The van der Waals surface area contributed by atoms with Gasteiger partial charge in [0.25, 0.3) is 0 Å². The molecule has 2 N–H and O–H groups in total. The van der Waals surface area contributed by atoms with E-state index in [0.29, 0.717) is 0 Å². The summed E-state index contributed by atoms with van der Waals surface area (Å²) in [6.07, 6.45) is 22.6. The van der Waals surface area contributed by atoms with Gasteiger partial charge in [-0.1, -0.05) is 157 Å². The minimum atomic E-state index is -0.153. The number of nitrogens with two attached hydrogens (primary N) is 1. The van der Waals surface area contributed by atoms with Crippen molar-refractivity contribution in [3.8, 4) is 0 Å². The molecule has 2 rings (SSSR count). The van der Waals surface area contributed by atoms with Crippen LogP contribution in [0.4, 0.5) is 0 Å². The SMILES string of the molecule is Br.CCCCCCCCCCCCCCCCC(N)(Cc1ccccc1)Cc1ccccc1. The first-order chi connectivity index (χ1) is 15.7. The van der Waals surface area contributed by atoms with Gasteiger partial charge in [0.2, 0.25) is 0 Å². The van der Waals surface area contributed by atoms with E-state index in [2.05, 4.69) is 67.6 Å². The molecule has 0 unspecified atom stereocenters. The second kappa shape index (κ2) is 19.2. The summed E-state index contributed by atoms with van der Waals surface area (Å²) < 4.78 is 0. The Morgan fingerprint density at radius 1 is 0.515 bits per heavy atom. The fourth-order valence-corrected chi connectivity index (χ4v) is 4.92. The number of hydrogen-bond acceptors (Lipinski definition) is 1. The van der Waals surface area contributed by atoms with Crippen LogP contribution in [-0.4, -0.2) is 5.54 Å². The number of unbranched alkanes of at least 4 members (excludes halogenated alkanes) is 13. The lowest BCUT2D eigenvalue weighted by Crippen LogP contribution is -2.44. The molecule has 186 valence electrons. The third-order valence-corrected chi connectivity index (χ3v) is 6.83. The van der Waals surface area contributed by atoms with Crippen LogP contribution in [0, 0.1) is 0 Å². The van der Waals surface area contributed by atoms with Crippen molar-refractivity contribution in [3.63, 3.8) is 0 Å². The zero-order valence-electron chi connectivity index (χ0n) is 21.3. The minimum Gasteiger partial charge on any atom is -0.324 e. The van der Waals surface area contributed by atoms with Gasteiger partial charge in [0.15, 0.2) is 0 Å². The quantitative estimate of drug-likeness (QED) is 0.185. The van der Waals surface area contributed by atoms with E-state index in [9.17, 15) is 0 Å². The first-order valence-electron chi connectivity index (χ1n) is 13.6. The Hall–Kier alpha value is -1.12. The highest BCUT2D eigenvalue weighted by atomic mass is 79.9. The van der Waals surface area contributed by atoms with Crippen molar-refractivity contribution < 1.29 is 0 Å². The average Bonchev–Trinajstić information content (AvgIpc) is 2.80. The maximum absolute atomic E-state index is 7.01. The van der Waals surface area contributed by atoms with Crippen molar-refractivity contribution in [2.24, 2.45) is 5.73 Å². The van der Waals surface area contributed by atoms with Gasteiger partial charge in [-0.25, -0.2) is 0 Å². The van der Waals surface area contributed by atoms with Gasteiger partial charge in [-0.15, -0.1) is 17.0 Å². The third kappa shape index (κ3) is 14.7. The van der Waals surface area contributed by atoms with E-state index in [0.717, 1.165) is 19.3 Å². The van der Waals surface area contributed by atoms with Gasteiger partial charge in [0.1, 0.15) is 0 Å². The molecule has 0 radical (unpaired) electrons. The van der Waals surface area contributed by atoms with E-state index in [1.807, 2.05) is 0 Å². The molecule has 2 aromatic rings. The molecule has 0 aromatic heterocycles. The van der Waals surface area contributed by atoms with E-state index in [4.69, 9.17) is 5.73 Å². The number of rotatable bonds is 19. The zero-order valence-corrected chi connectivity index (χ0v) is 23.0. The van der Waals surface area contributed by atoms with E-state index in [1.165, 1.54) is 101 Å². The summed E-state index contributed by atoms with van der Waals surface area (Å²) in [5, 5.41) is 0. The highest BCUT2D eigenvalue weighted by molar-refractivity contribution is 8.93. The van der Waals surface area contributed by atoms with E-state index >= 15 is 0 Å². The van der Waals surface area contributed by atoms with Crippen LogP contribution in [0.2, 0.25) is 0 Å². The molecule has 33 heavy (non-hydrogen) atoms. The van der Waals surface area contributed by atoms with Crippen LogP contribution in [-0.2, 0) is 12.8 Å². The molecule has 0 aliphatic heterocycles. The van der Waals surface area contributed by atoms with E-state index < -0.39 is 0 Å². The first kappa shape index (κ1) is 29.9. The molecule has 2 aromatic carbocycles. The Bertz CT molecular complexity index is 628. The van der Waals surface area contributed by atoms with Gasteiger partial charge in [-0.2, -0.15) is 0 Å². The van der Waals surface area contributed by atoms with Crippen LogP contribution in [0.1, 0.15) is 114 Å². The van der Waals surface area contributed by atoms with E-state index in [-0.39, 0.29) is 22.5 Å². The van der Waals surface area contributed by atoms with Crippen LogP contribution < -0.4 is 5.73 Å². The monoisotopic (exact) mass is 515 g/mol. The Labute approximate surface area is 215 Å². The molecule has 1 nitrogen and oxygen atoms in total. The largest absolute Gasteiger partial charge is 0.324 e. The summed E-state index contributed by atoms with van der Waals surface area (Å²) in [6.45, 7) is 2.29. The van der Waals surface area contributed by atoms with Crippen molar-refractivity contribution in [2.75, 3.05) is 0 Å². The fourth-order valence-electron chi connectivity index (χ4n) is 4.92. The molecule has 0 aliphatic carbocycles. The van der Waals surface area contributed by atoms with Gasteiger partial charge < -0.3 is 5.73 Å². The van der Waals surface area contributed by atoms with Gasteiger partial charge in [0, 0.05) is 5.54 Å². The van der Waals surface area contributed by atoms with E-state index in [1.54, 1.807) is 0 Å². The summed E-state index contributed by atoms with van der Waals surface area (Å²) in [6, 6.07) is 21.6. The minimum absolute atomic E-state index is 0. The Balaban J connectivity index is 0.00000544. The van der Waals surface area contributed by atoms with Crippen LogP contribution in [0.25, 0.3) is 0 Å². The van der Waals surface area contributed by atoms with Gasteiger partial charge >= 0.3 is 0 Å². The smallest absolute Gasteiger partial charge is 0.0235 e. The summed E-state index contributed by atoms with van der Waals surface area (Å²) in [5.41, 5.74) is 9.57. The van der Waals surface area contributed by atoms with Crippen molar-refractivity contribution in [2.45, 2.75) is 122 Å². The lowest BCUT2D eigenvalue weighted by atomic mass is 9.81. The zero-order chi connectivity index (χ0) is 22.7. The summed E-state index contributed by atoms with van der Waals surface area (Å²) in [7, 11) is 0. The van der Waals surface area contributed by atoms with Crippen molar-refractivity contribution >= 4 is 17.0 Å². The Kier molecular flexibility index (Phi) is 17.4. The Morgan fingerprint density at radius 2 is 0.848 bits per heavy atom. The average molecular weight is 517 g/mol. The first-order valence-corrected chi connectivity index (χ1v) is 13.6. The maximum atomic E-state index is 7.01. The molecule has 0 saturated heterocycles. The van der Waals surface area contributed by atoms with Crippen LogP contribution in [0.5, 0.6) is 0 Å². The topological polar surface area (TPSA) is 26.0 Å². The normalized spacial score (nSPS) is 11.3. The van der Waals surface area contributed by atoms with Crippen LogP contribution in [0.3, 0.4) is 0 Å². The van der Waals surface area contributed by atoms with Gasteiger partial charge in [0.05, 0.1) is 0 Å². The molecule has 0 saturated carbocycles. The van der Waals surface area contributed by atoms with Crippen molar-refractivity contribution in [1.29, 1.82) is 0 Å². The van der Waals surface area contributed by atoms with Crippen LogP contribution in [0.15, 0.2) is 60.7 Å². The second-order valence-corrected chi connectivity index (χ2v) is 10.0. The van der Waals surface area contributed by atoms with Gasteiger partial charge in [-0.05, 0) is 30.4 Å². The lowest BCUT2D eigenvalue weighted by Gasteiger charge is -2.30. The molecule has 2 heteroatoms. The molecule has 0 bridgehead atoms. The molecule has 0 amide bonds. The lowest BCUT2D eigenvalue weighted by molar-refractivity contribution is 0.367. The standard InChI is InChI=1S/C31H49N.BrH/c1-2-3-4-5-6-7-8-9-10-11-12-13-14-21-26-31(32,27-29-22-17-15-18-23-29)28-30-24-19-16-20-25-30;/h15-20,22-25H,2-14,21,26-28,32H2,1H3;1H. The Morgan fingerprint density at radius 3 is 1.21 bits per heavy atom. The summed E-state index contributed by atoms with van der Waals surface area (Å²) in [4.78, 5) is 0. The summed E-state index contributed by atoms with van der Waals surface area (Å²) in [5.74, 6) is 0. The molecular weight excluding hydrogens is 466 g/mol. The molecular formula is C31H50BrN. The van der Waals surface area contributed by atoms with Crippen LogP contribution >= 0.6 is 17.0 Å². The summed E-state index contributed by atoms with van der Waals surface area (Å²) >= 11 is 0. The molecule has 0 atom stereocenters. The number of benzene rings is 2. The third-order valence-electron chi connectivity index (χ3n) is 6.83. The van der Waals surface area contributed by atoms with Crippen molar-refractivity contribution in [1.82, 2.24) is 0 Å². The van der Waals surface area contributed by atoms with Gasteiger partial charge in [-0.3, -0.25) is 0 Å². The maximum Gasteiger partial charge on any atom is 0.0235 e. The second-order valence-electron chi connectivity index (χ2n) is 10.0. The molecule has 0 heterocycles. The highest BCUT2D eigenvalue weighted by Crippen LogP contribution is 2.24. The predicted molar refractivity (Wildman–Crippen MR) is 152 cm³/mol. The predicted octanol–water partition coefficient (Wildman–Crippen LogP) is 9.62. The fraction of sp³-hybridized carbons (Fsp3) is 0.613. The molecule has 0 aliphatic rings. The van der Waals surface area contributed by atoms with Crippen molar-refractivity contribution in [3.05, 3.63) is 71.8 Å². The number of hydrogen-bond donors (Lipinski definition) is 1.